The first kappa shape index (κ1) is 18.8. The first-order valence-corrected chi connectivity index (χ1v) is 10.1. The Morgan fingerprint density at radius 3 is 2.81 bits per heavy atom. The number of carbonyl (C=O) groups excluding carboxylic acids is 3. The van der Waals surface area contributed by atoms with Gasteiger partial charge in [-0.05, 0) is 38.0 Å². The lowest BCUT2D eigenvalue weighted by Gasteiger charge is -2.26. The van der Waals surface area contributed by atoms with Crippen molar-refractivity contribution >= 4 is 34.3 Å². The van der Waals surface area contributed by atoms with Crippen LogP contribution in [0.5, 0.6) is 0 Å². The molecule has 1 aliphatic carbocycles. The number of ether oxygens (including phenoxy) is 1. The molecule has 2 aliphatic rings. The van der Waals surface area contributed by atoms with Gasteiger partial charge in [0.1, 0.15) is 0 Å². The van der Waals surface area contributed by atoms with Crippen molar-refractivity contribution in [1.82, 2.24) is 10.3 Å². The lowest BCUT2D eigenvalue weighted by atomic mass is 9.87. The van der Waals surface area contributed by atoms with E-state index in [0.29, 0.717) is 23.8 Å². The van der Waals surface area contributed by atoms with Crippen LogP contribution in [0.15, 0.2) is 5.38 Å². The molecule has 0 bridgehead atoms. The van der Waals surface area contributed by atoms with E-state index in [2.05, 4.69) is 17.2 Å². The molecule has 2 heterocycles. The summed E-state index contributed by atoms with van der Waals surface area (Å²) in [6, 6.07) is 0.191. The largest absolute Gasteiger partial charge is 0.455 e. The van der Waals surface area contributed by atoms with E-state index in [1.165, 1.54) is 11.3 Å². The monoisotopic (exact) mass is 379 g/mol. The van der Waals surface area contributed by atoms with Crippen LogP contribution in [0.1, 0.15) is 51.1 Å². The van der Waals surface area contributed by atoms with Gasteiger partial charge in [-0.2, -0.15) is 0 Å². The maximum Gasteiger partial charge on any atom is 0.312 e. The van der Waals surface area contributed by atoms with Gasteiger partial charge in [-0.25, -0.2) is 4.98 Å². The summed E-state index contributed by atoms with van der Waals surface area (Å²) in [5.74, 6) is 0.0589. The van der Waals surface area contributed by atoms with E-state index >= 15 is 0 Å². The summed E-state index contributed by atoms with van der Waals surface area (Å²) in [4.78, 5) is 41.6. The molecule has 1 aromatic rings. The van der Waals surface area contributed by atoms with E-state index in [1.54, 1.807) is 10.3 Å². The van der Waals surface area contributed by atoms with Gasteiger partial charge in [0, 0.05) is 24.4 Å². The highest BCUT2D eigenvalue weighted by Gasteiger charge is 2.25. The zero-order valence-corrected chi connectivity index (χ0v) is 15.8. The molecule has 142 valence electrons. The second-order valence-electron chi connectivity index (χ2n) is 7.13. The molecule has 1 saturated carbocycles. The van der Waals surface area contributed by atoms with Gasteiger partial charge in [0.25, 0.3) is 5.91 Å². The molecule has 0 radical (unpaired) electrons. The molecule has 2 fully saturated rings. The van der Waals surface area contributed by atoms with Crippen LogP contribution < -0.4 is 10.2 Å². The summed E-state index contributed by atoms with van der Waals surface area (Å²) in [7, 11) is 0. The zero-order valence-electron chi connectivity index (χ0n) is 15.0. The first-order chi connectivity index (χ1) is 12.5. The first-order valence-electron chi connectivity index (χ1n) is 9.21. The van der Waals surface area contributed by atoms with E-state index in [1.807, 2.05) is 0 Å². The van der Waals surface area contributed by atoms with Crippen molar-refractivity contribution in [3.63, 3.8) is 0 Å². The third kappa shape index (κ3) is 5.03. The average Bonchev–Trinajstić information content (AvgIpc) is 3.24. The number of hydrogen-bond donors (Lipinski definition) is 1. The summed E-state index contributed by atoms with van der Waals surface area (Å²) in [6.07, 6.45) is 5.60. The van der Waals surface area contributed by atoms with Gasteiger partial charge in [0.05, 0.1) is 12.1 Å². The van der Waals surface area contributed by atoms with Crippen LogP contribution in [-0.2, 0) is 25.5 Å². The predicted octanol–water partition coefficient (Wildman–Crippen LogP) is 2.05. The summed E-state index contributed by atoms with van der Waals surface area (Å²) in [5.41, 5.74) is 0.566. The molecular weight excluding hydrogens is 354 g/mol. The molecule has 0 aromatic carbocycles. The number of hydrogen-bond acceptors (Lipinski definition) is 6. The molecule has 1 aromatic heterocycles. The highest BCUT2D eigenvalue weighted by atomic mass is 32.1. The third-order valence-electron chi connectivity index (χ3n) is 4.91. The van der Waals surface area contributed by atoms with Crippen LogP contribution in [0.3, 0.4) is 0 Å². The number of rotatable bonds is 6. The number of amides is 2. The Hall–Kier alpha value is -1.96. The second-order valence-corrected chi connectivity index (χ2v) is 7.97. The Morgan fingerprint density at radius 1 is 1.35 bits per heavy atom. The van der Waals surface area contributed by atoms with E-state index in [4.69, 9.17) is 4.74 Å². The van der Waals surface area contributed by atoms with E-state index < -0.39 is 5.97 Å². The molecule has 0 atom stereocenters. The van der Waals surface area contributed by atoms with E-state index in [-0.39, 0.29) is 30.9 Å². The number of esters is 1. The molecule has 2 amide bonds. The van der Waals surface area contributed by atoms with E-state index in [0.717, 1.165) is 38.0 Å². The summed E-state index contributed by atoms with van der Waals surface area (Å²) in [5, 5.41) is 5.31. The number of carbonyl (C=O) groups is 3. The molecular formula is C18H25N3O4S. The van der Waals surface area contributed by atoms with Crippen LogP contribution in [0, 0.1) is 5.92 Å². The van der Waals surface area contributed by atoms with Crippen LogP contribution >= 0.6 is 11.3 Å². The van der Waals surface area contributed by atoms with Crippen molar-refractivity contribution in [2.45, 2.75) is 57.9 Å². The smallest absolute Gasteiger partial charge is 0.312 e. The summed E-state index contributed by atoms with van der Waals surface area (Å²) < 4.78 is 5.06. The maximum atomic E-state index is 11.9. The van der Waals surface area contributed by atoms with Crippen LogP contribution in [-0.4, -0.2) is 42.0 Å². The molecule has 1 N–H and O–H groups in total. The zero-order chi connectivity index (χ0) is 18.5. The van der Waals surface area contributed by atoms with Gasteiger partial charge in [-0.3, -0.25) is 19.3 Å². The molecule has 1 aliphatic heterocycles. The molecule has 3 rings (SSSR count). The number of nitrogens with zero attached hydrogens (tertiary/aromatic N) is 2. The standard InChI is InChI=1S/C18H25N3O4S/c1-12-4-6-13(7-5-12)19-15(22)10-25-17(24)9-14-11-26-18(20-14)21-8-2-3-16(21)23/h11-13H,2-10H2,1H3,(H,19,22). The highest BCUT2D eigenvalue weighted by Crippen LogP contribution is 2.25. The van der Waals surface area contributed by atoms with Crippen molar-refractivity contribution in [3.8, 4) is 0 Å². The van der Waals surface area contributed by atoms with Gasteiger partial charge in [-0.1, -0.05) is 6.92 Å². The molecule has 26 heavy (non-hydrogen) atoms. The SMILES string of the molecule is CC1CCC(NC(=O)COC(=O)Cc2csc(N3CCCC3=O)n2)CC1. The van der Waals surface area contributed by atoms with Gasteiger partial charge < -0.3 is 10.1 Å². The van der Waals surface area contributed by atoms with Crippen molar-refractivity contribution in [2.75, 3.05) is 18.1 Å². The van der Waals surface area contributed by atoms with Crippen LogP contribution in [0.4, 0.5) is 5.13 Å². The normalized spacial score (nSPS) is 23.1. The quantitative estimate of drug-likeness (QED) is 0.764. The van der Waals surface area contributed by atoms with Gasteiger partial charge in [0.15, 0.2) is 11.7 Å². The number of anilines is 1. The van der Waals surface area contributed by atoms with Crippen molar-refractivity contribution in [2.24, 2.45) is 5.92 Å². The Labute approximate surface area is 157 Å². The van der Waals surface area contributed by atoms with Crippen molar-refractivity contribution in [1.29, 1.82) is 0 Å². The van der Waals surface area contributed by atoms with Crippen LogP contribution in [0.2, 0.25) is 0 Å². The number of thiazole rings is 1. The fraction of sp³-hybridized carbons (Fsp3) is 0.667. The predicted molar refractivity (Wildman–Crippen MR) is 97.9 cm³/mol. The fourth-order valence-corrected chi connectivity index (χ4v) is 4.24. The van der Waals surface area contributed by atoms with Gasteiger partial charge >= 0.3 is 5.97 Å². The molecule has 0 spiro atoms. The molecule has 0 unspecified atom stereocenters. The average molecular weight is 379 g/mol. The summed E-state index contributed by atoms with van der Waals surface area (Å²) in [6.45, 7) is 2.65. The van der Waals surface area contributed by atoms with Gasteiger partial charge in [0.2, 0.25) is 5.91 Å². The fourth-order valence-electron chi connectivity index (χ4n) is 3.37. The Bertz CT molecular complexity index is 667. The minimum absolute atomic E-state index is 0.00670. The maximum absolute atomic E-state index is 11.9. The molecule has 8 heteroatoms. The Morgan fingerprint density at radius 2 is 2.12 bits per heavy atom. The van der Waals surface area contributed by atoms with E-state index in [9.17, 15) is 14.4 Å². The lowest BCUT2D eigenvalue weighted by Crippen LogP contribution is -2.39. The second kappa shape index (κ2) is 8.62. The lowest BCUT2D eigenvalue weighted by molar-refractivity contribution is -0.148. The van der Waals surface area contributed by atoms with Crippen LogP contribution in [0.25, 0.3) is 0 Å². The molecule has 1 saturated heterocycles. The molecule has 7 nitrogen and oxygen atoms in total. The number of aromatic nitrogens is 1. The topological polar surface area (TPSA) is 88.6 Å². The minimum Gasteiger partial charge on any atom is -0.455 e. The summed E-state index contributed by atoms with van der Waals surface area (Å²) >= 11 is 1.35. The Kier molecular flexibility index (Phi) is 6.24. The minimum atomic E-state index is -0.484. The number of nitrogens with one attached hydrogen (secondary N) is 1. The van der Waals surface area contributed by atoms with Crippen molar-refractivity contribution < 1.29 is 19.1 Å². The van der Waals surface area contributed by atoms with Gasteiger partial charge in [-0.15, -0.1) is 11.3 Å². The van der Waals surface area contributed by atoms with Crippen molar-refractivity contribution in [3.05, 3.63) is 11.1 Å². The Balaban J connectivity index is 1.39. The third-order valence-corrected chi connectivity index (χ3v) is 5.83. The highest BCUT2D eigenvalue weighted by molar-refractivity contribution is 7.14.